The first-order valence-electron chi connectivity index (χ1n) is 6.21. The van der Waals surface area contributed by atoms with Gasteiger partial charge in [0.25, 0.3) is 0 Å². The second-order valence-corrected chi connectivity index (χ2v) is 5.04. The maximum absolute atomic E-state index is 11.3. The molecule has 112 valence electrons. The van der Waals surface area contributed by atoms with Gasteiger partial charge in [0.1, 0.15) is 11.6 Å². The molecule has 1 atom stereocenters. The van der Waals surface area contributed by atoms with E-state index in [9.17, 15) is 9.59 Å². The number of hydrogen-bond acceptors (Lipinski definition) is 5. The van der Waals surface area contributed by atoms with Crippen LogP contribution in [0.25, 0.3) is 0 Å². The largest absolute Gasteiger partial charge is 0.480 e. The first-order valence-corrected chi connectivity index (χ1v) is 6.21. The Kier molecular flexibility index (Phi) is 8.09. The van der Waals surface area contributed by atoms with E-state index in [4.69, 9.17) is 14.6 Å². The number of rotatable bonds is 8. The first kappa shape index (κ1) is 17.7. The highest BCUT2D eigenvalue weighted by Crippen LogP contribution is 2.06. The number of carbonyl (C=O) groups is 2. The van der Waals surface area contributed by atoms with Gasteiger partial charge in [-0.05, 0) is 34.2 Å². The average Bonchev–Trinajstić information content (AvgIpc) is 2.25. The normalized spacial score (nSPS) is 12.8. The molecule has 0 bridgehead atoms. The van der Waals surface area contributed by atoms with Crippen molar-refractivity contribution in [3.8, 4) is 0 Å². The second kappa shape index (κ2) is 8.71. The topological polar surface area (TPSA) is 96.9 Å². The summed E-state index contributed by atoms with van der Waals surface area (Å²) in [6, 6.07) is -0.709. The third kappa shape index (κ3) is 10.3. The second-order valence-electron chi connectivity index (χ2n) is 5.04. The smallest absolute Gasteiger partial charge is 0.407 e. The standard InChI is InChI=1S/C12H24N2O5/c1-12(2,3)19-11(17)14-6-5-7-18-8-9(13-4)10(15)16/h9,13H,5-8H2,1-4H3,(H,14,17)(H,15,16). The van der Waals surface area contributed by atoms with E-state index in [-0.39, 0.29) is 6.61 Å². The van der Waals surface area contributed by atoms with E-state index in [0.29, 0.717) is 19.6 Å². The Morgan fingerprint density at radius 2 is 1.95 bits per heavy atom. The van der Waals surface area contributed by atoms with Crippen LogP contribution in [0.1, 0.15) is 27.2 Å². The number of alkyl carbamates (subject to hydrolysis) is 1. The van der Waals surface area contributed by atoms with Crippen molar-refractivity contribution >= 4 is 12.1 Å². The van der Waals surface area contributed by atoms with Crippen molar-refractivity contribution < 1.29 is 24.2 Å². The van der Waals surface area contributed by atoms with Crippen LogP contribution in [0.5, 0.6) is 0 Å². The molecule has 3 N–H and O–H groups in total. The Morgan fingerprint density at radius 3 is 2.42 bits per heavy atom. The molecule has 0 heterocycles. The van der Waals surface area contributed by atoms with Crippen molar-refractivity contribution in [2.75, 3.05) is 26.8 Å². The van der Waals surface area contributed by atoms with Crippen LogP contribution in [-0.2, 0) is 14.3 Å². The highest BCUT2D eigenvalue weighted by atomic mass is 16.6. The van der Waals surface area contributed by atoms with Crippen LogP contribution in [0.3, 0.4) is 0 Å². The average molecular weight is 276 g/mol. The summed E-state index contributed by atoms with van der Waals surface area (Å²) in [6.45, 7) is 6.27. The molecule has 7 heteroatoms. The van der Waals surface area contributed by atoms with Crippen LogP contribution < -0.4 is 10.6 Å². The summed E-state index contributed by atoms with van der Waals surface area (Å²) >= 11 is 0. The Balaban J connectivity index is 3.55. The molecule has 0 aromatic rings. The van der Waals surface area contributed by atoms with Gasteiger partial charge in [-0.15, -0.1) is 0 Å². The van der Waals surface area contributed by atoms with E-state index >= 15 is 0 Å². The fourth-order valence-corrected chi connectivity index (χ4v) is 1.16. The van der Waals surface area contributed by atoms with Crippen molar-refractivity contribution in [2.45, 2.75) is 38.8 Å². The Bertz CT molecular complexity index is 288. The van der Waals surface area contributed by atoms with Crippen molar-refractivity contribution in [2.24, 2.45) is 0 Å². The molecule has 0 aromatic carbocycles. The number of amides is 1. The minimum Gasteiger partial charge on any atom is -0.480 e. The van der Waals surface area contributed by atoms with Crippen molar-refractivity contribution in [3.05, 3.63) is 0 Å². The number of ether oxygens (including phenoxy) is 2. The van der Waals surface area contributed by atoms with Gasteiger partial charge >= 0.3 is 12.1 Å². The molecular formula is C12H24N2O5. The van der Waals surface area contributed by atoms with E-state index < -0.39 is 23.7 Å². The molecule has 0 spiro atoms. The molecule has 0 radical (unpaired) electrons. The van der Waals surface area contributed by atoms with Crippen LogP contribution in [-0.4, -0.2) is 55.6 Å². The zero-order valence-corrected chi connectivity index (χ0v) is 12.0. The van der Waals surface area contributed by atoms with Crippen LogP contribution in [0.15, 0.2) is 0 Å². The number of hydrogen-bond donors (Lipinski definition) is 3. The van der Waals surface area contributed by atoms with E-state index in [1.807, 2.05) is 0 Å². The number of aliphatic carboxylic acids is 1. The first-order chi connectivity index (χ1) is 8.76. The molecule has 0 aliphatic carbocycles. The fraction of sp³-hybridized carbons (Fsp3) is 0.833. The lowest BCUT2D eigenvalue weighted by atomic mass is 10.2. The summed E-state index contributed by atoms with van der Waals surface area (Å²) in [5.74, 6) is -0.950. The number of nitrogens with one attached hydrogen (secondary N) is 2. The lowest BCUT2D eigenvalue weighted by Gasteiger charge is -2.19. The van der Waals surface area contributed by atoms with Gasteiger partial charge in [-0.2, -0.15) is 0 Å². The minimum absolute atomic E-state index is 0.0955. The molecule has 0 fully saturated rings. The molecule has 7 nitrogen and oxygen atoms in total. The lowest BCUT2D eigenvalue weighted by Crippen LogP contribution is -2.38. The maximum atomic E-state index is 11.3. The van der Waals surface area contributed by atoms with Gasteiger partial charge in [-0.1, -0.05) is 0 Å². The Hall–Kier alpha value is -1.34. The van der Waals surface area contributed by atoms with Crippen molar-refractivity contribution in [1.29, 1.82) is 0 Å². The summed E-state index contributed by atoms with van der Waals surface area (Å²) in [5, 5.41) is 14.0. The van der Waals surface area contributed by atoms with Gasteiger partial charge < -0.3 is 25.2 Å². The molecular weight excluding hydrogens is 252 g/mol. The molecule has 0 aliphatic rings. The zero-order valence-electron chi connectivity index (χ0n) is 12.0. The molecule has 0 aliphatic heterocycles. The van der Waals surface area contributed by atoms with E-state index in [0.717, 1.165) is 0 Å². The highest BCUT2D eigenvalue weighted by Gasteiger charge is 2.16. The van der Waals surface area contributed by atoms with Gasteiger partial charge in [0.15, 0.2) is 0 Å². The number of carbonyl (C=O) groups excluding carboxylic acids is 1. The summed E-state index contributed by atoms with van der Waals surface area (Å²) in [7, 11) is 1.56. The number of likely N-dealkylation sites (N-methyl/N-ethyl adjacent to an activating group) is 1. The van der Waals surface area contributed by atoms with Gasteiger partial charge in [0.05, 0.1) is 6.61 Å². The third-order valence-electron chi connectivity index (χ3n) is 2.06. The van der Waals surface area contributed by atoms with E-state index in [2.05, 4.69) is 10.6 Å². The molecule has 0 rings (SSSR count). The SMILES string of the molecule is CNC(COCCCNC(=O)OC(C)(C)C)C(=O)O. The summed E-state index contributed by atoms with van der Waals surface area (Å²) in [4.78, 5) is 21.9. The van der Waals surface area contributed by atoms with Crippen molar-refractivity contribution in [3.63, 3.8) is 0 Å². The Labute approximate surface area is 113 Å². The Morgan fingerprint density at radius 1 is 1.32 bits per heavy atom. The highest BCUT2D eigenvalue weighted by molar-refractivity contribution is 5.73. The summed E-state index contributed by atoms with van der Waals surface area (Å²) < 4.78 is 10.2. The summed E-state index contributed by atoms with van der Waals surface area (Å²) in [5.41, 5.74) is -0.512. The van der Waals surface area contributed by atoms with Crippen LogP contribution >= 0.6 is 0 Å². The third-order valence-corrected chi connectivity index (χ3v) is 2.06. The lowest BCUT2D eigenvalue weighted by molar-refractivity contribution is -0.140. The molecule has 19 heavy (non-hydrogen) atoms. The minimum atomic E-state index is -0.950. The predicted molar refractivity (Wildman–Crippen MR) is 70.2 cm³/mol. The monoisotopic (exact) mass is 276 g/mol. The molecule has 1 amide bonds. The number of carboxylic acids is 1. The maximum Gasteiger partial charge on any atom is 0.407 e. The number of carboxylic acid groups (broad SMARTS) is 1. The molecule has 0 saturated carbocycles. The van der Waals surface area contributed by atoms with Gasteiger partial charge in [-0.3, -0.25) is 4.79 Å². The predicted octanol–water partition coefficient (Wildman–Crippen LogP) is 0.590. The van der Waals surface area contributed by atoms with Crippen LogP contribution in [0.2, 0.25) is 0 Å². The van der Waals surface area contributed by atoms with Crippen LogP contribution in [0.4, 0.5) is 4.79 Å². The zero-order chi connectivity index (χ0) is 14.9. The molecule has 0 saturated heterocycles. The van der Waals surface area contributed by atoms with E-state index in [1.54, 1.807) is 27.8 Å². The van der Waals surface area contributed by atoms with Gasteiger partial charge in [0, 0.05) is 13.2 Å². The summed E-state index contributed by atoms with van der Waals surface area (Å²) in [6.07, 6.45) is 0.126. The molecule has 0 aromatic heterocycles. The molecule has 1 unspecified atom stereocenters. The van der Waals surface area contributed by atoms with Crippen LogP contribution in [0, 0.1) is 0 Å². The van der Waals surface area contributed by atoms with Gasteiger partial charge in [-0.25, -0.2) is 4.79 Å². The quantitative estimate of drug-likeness (QED) is 0.561. The van der Waals surface area contributed by atoms with Crippen molar-refractivity contribution in [1.82, 2.24) is 10.6 Å². The van der Waals surface area contributed by atoms with E-state index in [1.165, 1.54) is 0 Å². The fourth-order valence-electron chi connectivity index (χ4n) is 1.16. The van der Waals surface area contributed by atoms with Gasteiger partial charge in [0.2, 0.25) is 0 Å².